The lowest BCUT2D eigenvalue weighted by Crippen LogP contribution is -2.07. The first-order valence-corrected chi connectivity index (χ1v) is 6.05. The van der Waals surface area contributed by atoms with Crippen LogP contribution in [0.5, 0.6) is 0 Å². The number of carboxylic acids is 1. The van der Waals surface area contributed by atoms with Crippen LogP contribution in [0.3, 0.4) is 0 Å². The summed E-state index contributed by atoms with van der Waals surface area (Å²) in [6.07, 6.45) is 0. The Hall–Kier alpha value is -2.07. The molecule has 5 heteroatoms. The third-order valence-electron chi connectivity index (χ3n) is 2.95. The van der Waals surface area contributed by atoms with Crippen molar-refractivity contribution in [3.05, 3.63) is 46.1 Å². The van der Waals surface area contributed by atoms with Crippen molar-refractivity contribution in [3.63, 3.8) is 0 Å². The predicted octanol–water partition coefficient (Wildman–Crippen LogP) is 3.30. The van der Waals surface area contributed by atoms with E-state index in [2.05, 4.69) is 4.98 Å². The first kappa shape index (κ1) is 13.4. The number of halogens is 1. The maximum absolute atomic E-state index is 11.1. The molecule has 3 N–H and O–H groups in total. The Morgan fingerprint density at radius 3 is 2.37 bits per heavy atom. The molecule has 0 saturated heterocycles. The zero-order chi connectivity index (χ0) is 14.2. The number of hydrogen-bond acceptors (Lipinski definition) is 3. The summed E-state index contributed by atoms with van der Waals surface area (Å²) < 4.78 is 0. The first-order chi connectivity index (χ1) is 8.91. The molecule has 0 amide bonds. The molecule has 0 atom stereocenters. The van der Waals surface area contributed by atoms with Gasteiger partial charge in [-0.15, -0.1) is 0 Å². The molecule has 0 radical (unpaired) electrons. The highest BCUT2D eigenvalue weighted by Crippen LogP contribution is 2.32. The van der Waals surface area contributed by atoms with E-state index < -0.39 is 5.97 Å². The second kappa shape index (κ2) is 4.90. The zero-order valence-electron chi connectivity index (χ0n) is 10.6. The van der Waals surface area contributed by atoms with Crippen molar-refractivity contribution >= 4 is 23.3 Å². The molecule has 0 aliphatic carbocycles. The Bertz CT molecular complexity index is 651. The van der Waals surface area contributed by atoms with Gasteiger partial charge in [0.05, 0.1) is 16.4 Å². The van der Waals surface area contributed by atoms with E-state index >= 15 is 0 Å². The summed E-state index contributed by atoms with van der Waals surface area (Å²) >= 11 is 5.91. The number of benzene rings is 1. The van der Waals surface area contributed by atoms with Crippen LogP contribution in [0.15, 0.2) is 24.3 Å². The largest absolute Gasteiger partial charge is 0.476 e. The van der Waals surface area contributed by atoms with Crippen molar-refractivity contribution in [1.82, 2.24) is 4.98 Å². The molecule has 1 aromatic heterocycles. The molecule has 0 saturated carbocycles. The Morgan fingerprint density at radius 2 is 1.84 bits per heavy atom. The molecule has 0 aliphatic heterocycles. The van der Waals surface area contributed by atoms with Crippen LogP contribution in [0.25, 0.3) is 11.3 Å². The summed E-state index contributed by atoms with van der Waals surface area (Å²) in [5.41, 5.74) is 9.03. The molecule has 2 rings (SSSR count). The summed E-state index contributed by atoms with van der Waals surface area (Å²) in [7, 11) is 0. The Morgan fingerprint density at radius 1 is 1.26 bits per heavy atom. The van der Waals surface area contributed by atoms with Crippen molar-refractivity contribution in [2.75, 3.05) is 5.73 Å². The minimum Gasteiger partial charge on any atom is -0.476 e. The predicted molar refractivity (Wildman–Crippen MR) is 75.5 cm³/mol. The quantitative estimate of drug-likeness (QED) is 0.882. The van der Waals surface area contributed by atoms with Crippen LogP contribution >= 0.6 is 11.6 Å². The van der Waals surface area contributed by atoms with E-state index in [0.29, 0.717) is 11.3 Å². The molecular weight excluding hydrogens is 264 g/mol. The van der Waals surface area contributed by atoms with Crippen LogP contribution in [0.2, 0.25) is 5.02 Å². The summed E-state index contributed by atoms with van der Waals surface area (Å²) in [5.74, 6) is -1.19. The van der Waals surface area contributed by atoms with Crippen LogP contribution in [0, 0.1) is 13.8 Å². The summed E-state index contributed by atoms with van der Waals surface area (Å²) in [5, 5.41) is 9.08. The molecule has 0 spiro atoms. The number of aromatic carboxylic acids is 1. The topological polar surface area (TPSA) is 76.2 Å². The maximum atomic E-state index is 11.1. The smallest absolute Gasteiger partial charge is 0.356 e. The van der Waals surface area contributed by atoms with Crippen molar-refractivity contribution < 1.29 is 9.90 Å². The Balaban J connectivity index is 2.70. The van der Waals surface area contributed by atoms with E-state index in [1.165, 1.54) is 0 Å². The van der Waals surface area contributed by atoms with Gasteiger partial charge in [0, 0.05) is 5.56 Å². The maximum Gasteiger partial charge on any atom is 0.356 e. The van der Waals surface area contributed by atoms with Gasteiger partial charge in [0.15, 0.2) is 5.69 Å². The average Bonchev–Trinajstić information content (AvgIpc) is 2.37. The van der Waals surface area contributed by atoms with E-state index in [4.69, 9.17) is 22.4 Å². The van der Waals surface area contributed by atoms with Crippen LogP contribution in [0.1, 0.15) is 21.6 Å². The number of aryl methyl sites for hydroxylation is 1. The number of pyridine rings is 1. The van der Waals surface area contributed by atoms with E-state index in [0.717, 1.165) is 11.1 Å². The van der Waals surface area contributed by atoms with Gasteiger partial charge in [-0.25, -0.2) is 9.78 Å². The lowest BCUT2D eigenvalue weighted by Gasteiger charge is -2.12. The molecule has 0 aliphatic rings. The Kier molecular flexibility index (Phi) is 3.44. The molecule has 0 unspecified atom stereocenters. The van der Waals surface area contributed by atoms with Crippen molar-refractivity contribution in [2.45, 2.75) is 13.8 Å². The zero-order valence-corrected chi connectivity index (χ0v) is 11.3. The van der Waals surface area contributed by atoms with Crippen molar-refractivity contribution in [1.29, 1.82) is 0 Å². The third-order valence-corrected chi connectivity index (χ3v) is 3.34. The molecule has 1 heterocycles. The number of carbonyl (C=O) groups is 1. The highest BCUT2D eigenvalue weighted by atomic mass is 35.5. The number of aromatic nitrogens is 1. The van der Waals surface area contributed by atoms with E-state index in [9.17, 15) is 4.79 Å². The second-order valence-corrected chi connectivity index (χ2v) is 4.71. The lowest BCUT2D eigenvalue weighted by atomic mass is 10.0. The highest BCUT2D eigenvalue weighted by Gasteiger charge is 2.19. The van der Waals surface area contributed by atoms with Crippen LogP contribution in [-0.2, 0) is 0 Å². The van der Waals surface area contributed by atoms with Gasteiger partial charge in [0.1, 0.15) is 0 Å². The molecular formula is C14H13ClN2O2. The molecule has 0 fully saturated rings. The molecule has 1 aromatic carbocycles. The van der Waals surface area contributed by atoms with Gasteiger partial charge >= 0.3 is 5.97 Å². The number of nitrogens with two attached hydrogens (primary N) is 1. The highest BCUT2D eigenvalue weighted by molar-refractivity contribution is 6.36. The van der Waals surface area contributed by atoms with E-state index in [1.54, 1.807) is 6.92 Å². The van der Waals surface area contributed by atoms with Crippen molar-refractivity contribution in [2.24, 2.45) is 0 Å². The van der Waals surface area contributed by atoms with Crippen LogP contribution in [-0.4, -0.2) is 16.1 Å². The van der Waals surface area contributed by atoms with Gasteiger partial charge in [0.2, 0.25) is 0 Å². The summed E-state index contributed by atoms with van der Waals surface area (Å²) in [6, 6.07) is 7.62. The molecule has 2 aromatic rings. The summed E-state index contributed by atoms with van der Waals surface area (Å²) in [4.78, 5) is 15.2. The summed E-state index contributed by atoms with van der Waals surface area (Å²) in [6.45, 7) is 3.75. The monoisotopic (exact) mass is 276 g/mol. The van der Waals surface area contributed by atoms with Gasteiger partial charge in [0.25, 0.3) is 0 Å². The minimum atomic E-state index is -1.19. The third kappa shape index (κ3) is 2.39. The normalized spacial score (nSPS) is 10.5. The number of hydrogen-bond donors (Lipinski definition) is 2. The van der Waals surface area contributed by atoms with Crippen LogP contribution < -0.4 is 5.73 Å². The second-order valence-electron chi connectivity index (χ2n) is 4.33. The standard InChI is InChI=1S/C14H13ClN2O2/c1-7-3-5-9(6-4-7)12-8(2)11(16)10(15)13(17-12)14(18)19/h3-6H,1-2H3,(H2,16,17)(H,18,19). The van der Waals surface area contributed by atoms with Crippen LogP contribution in [0.4, 0.5) is 5.69 Å². The molecule has 4 nitrogen and oxygen atoms in total. The molecule has 98 valence electrons. The van der Waals surface area contributed by atoms with Gasteiger partial charge in [-0.2, -0.15) is 0 Å². The van der Waals surface area contributed by atoms with Gasteiger partial charge < -0.3 is 10.8 Å². The Labute approximate surface area is 115 Å². The molecule has 19 heavy (non-hydrogen) atoms. The fourth-order valence-corrected chi connectivity index (χ4v) is 2.06. The first-order valence-electron chi connectivity index (χ1n) is 5.67. The van der Waals surface area contributed by atoms with Gasteiger partial charge in [-0.1, -0.05) is 41.4 Å². The number of carboxylic acid groups (broad SMARTS) is 1. The fraction of sp³-hybridized carbons (Fsp3) is 0.143. The van der Waals surface area contributed by atoms with Gasteiger partial charge in [-0.3, -0.25) is 0 Å². The van der Waals surface area contributed by atoms with E-state index in [-0.39, 0.29) is 16.4 Å². The van der Waals surface area contributed by atoms with Crippen molar-refractivity contribution in [3.8, 4) is 11.3 Å². The minimum absolute atomic E-state index is 0.0131. The average molecular weight is 277 g/mol. The number of anilines is 1. The van der Waals surface area contributed by atoms with Gasteiger partial charge in [-0.05, 0) is 19.4 Å². The number of nitrogens with zero attached hydrogens (tertiary/aromatic N) is 1. The SMILES string of the molecule is Cc1ccc(-c2nc(C(=O)O)c(Cl)c(N)c2C)cc1. The fourth-order valence-electron chi connectivity index (χ4n) is 1.80. The number of rotatable bonds is 2. The van der Waals surface area contributed by atoms with E-state index in [1.807, 2.05) is 31.2 Å². The number of nitrogen functional groups attached to an aromatic ring is 1. The lowest BCUT2D eigenvalue weighted by molar-refractivity contribution is 0.0691. The molecule has 0 bridgehead atoms.